The molecule has 0 saturated carbocycles. The third-order valence-corrected chi connectivity index (χ3v) is 1.97. The number of rotatable bonds is 4. The monoisotopic (exact) mass is 201 g/mol. The van der Waals surface area contributed by atoms with Crippen molar-refractivity contribution in [1.29, 1.82) is 0 Å². The van der Waals surface area contributed by atoms with Crippen molar-refractivity contribution < 1.29 is 13.9 Å². The molecule has 0 aromatic heterocycles. The van der Waals surface area contributed by atoms with Crippen LogP contribution in [0.25, 0.3) is 0 Å². The molecule has 0 atom stereocenters. The average Bonchev–Trinajstić information content (AvgIpc) is 2.12. The van der Waals surface area contributed by atoms with E-state index in [9.17, 15) is 8.78 Å². The maximum atomic E-state index is 13.1. The van der Waals surface area contributed by atoms with Crippen molar-refractivity contribution in [2.24, 2.45) is 0 Å². The van der Waals surface area contributed by atoms with Gasteiger partial charge in [0.15, 0.2) is 0 Å². The molecule has 0 aliphatic heterocycles. The van der Waals surface area contributed by atoms with Gasteiger partial charge in [-0.3, -0.25) is 4.90 Å². The van der Waals surface area contributed by atoms with Gasteiger partial charge in [0.25, 0.3) is 0 Å². The average molecular weight is 201 g/mol. The third-order valence-electron chi connectivity index (χ3n) is 1.97. The van der Waals surface area contributed by atoms with E-state index in [-0.39, 0.29) is 18.7 Å². The van der Waals surface area contributed by atoms with Gasteiger partial charge in [0, 0.05) is 18.7 Å². The SMILES string of the molecule is CN(CCO)Cc1c(F)cccc1F. The van der Waals surface area contributed by atoms with Crippen LogP contribution in [-0.4, -0.2) is 30.2 Å². The molecule has 0 bridgehead atoms. The topological polar surface area (TPSA) is 23.5 Å². The van der Waals surface area contributed by atoms with Crippen molar-refractivity contribution in [3.8, 4) is 0 Å². The lowest BCUT2D eigenvalue weighted by Gasteiger charge is -2.15. The Morgan fingerprint density at radius 1 is 1.29 bits per heavy atom. The number of benzene rings is 1. The number of likely N-dealkylation sites (N-methyl/N-ethyl adjacent to an activating group) is 1. The second-order valence-electron chi connectivity index (χ2n) is 3.16. The highest BCUT2D eigenvalue weighted by molar-refractivity contribution is 5.19. The van der Waals surface area contributed by atoms with Crippen LogP contribution in [0.4, 0.5) is 8.78 Å². The second-order valence-corrected chi connectivity index (χ2v) is 3.16. The van der Waals surface area contributed by atoms with Crippen LogP contribution in [0, 0.1) is 11.6 Å². The lowest BCUT2D eigenvalue weighted by molar-refractivity contribution is 0.214. The van der Waals surface area contributed by atoms with E-state index in [0.29, 0.717) is 6.54 Å². The van der Waals surface area contributed by atoms with E-state index in [1.807, 2.05) is 0 Å². The summed E-state index contributed by atoms with van der Waals surface area (Å²) < 4.78 is 26.2. The zero-order valence-electron chi connectivity index (χ0n) is 8.00. The first-order valence-electron chi connectivity index (χ1n) is 4.37. The molecular formula is C10H13F2NO. The van der Waals surface area contributed by atoms with Gasteiger partial charge in [0.1, 0.15) is 11.6 Å². The van der Waals surface area contributed by atoms with Crippen molar-refractivity contribution in [3.05, 3.63) is 35.4 Å². The molecule has 1 aromatic rings. The first kappa shape index (κ1) is 11.1. The minimum Gasteiger partial charge on any atom is -0.395 e. The van der Waals surface area contributed by atoms with Crippen molar-refractivity contribution in [1.82, 2.24) is 4.90 Å². The summed E-state index contributed by atoms with van der Waals surface area (Å²) in [5, 5.41) is 8.62. The zero-order valence-corrected chi connectivity index (χ0v) is 8.00. The fraction of sp³-hybridized carbons (Fsp3) is 0.400. The van der Waals surface area contributed by atoms with Crippen LogP contribution in [0.15, 0.2) is 18.2 Å². The van der Waals surface area contributed by atoms with Gasteiger partial charge in [-0.25, -0.2) is 8.78 Å². The Bertz CT molecular complexity index is 284. The van der Waals surface area contributed by atoms with E-state index >= 15 is 0 Å². The number of nitrogens with zero attached hydrogens (tertiary/aromatic N) is 1. The van der Waals surface area contributed by atoms with Gasteiger partial charge in [0.2, 0.25) is 0 Å². The Morgan fingerprint density at radius 2 is 1.86 bits per heavy atom. The molecule has 0 aliphatic rings. The molecular weight excluding hydrogens is 188 g/mol. The number of aliphatic hydroxyl groups is 1. The van der Waals surface area contributed by atoms with Gasteiger partial charge in [-0.1, -0.05) is 6.07 Å². The molecule has 14 heavy (non-hydrogen) atoms. The first-order chi connectivity index (χ1) is 6.65. The Balaban J connectivity index is 2.75. The highest BCUT2D eigenvalue weighted by atomic mass is 19.1. The highest BCUT2D eigenvalue weighted by Crippen LogP contribution is 2.13. The number of halogens is 2. The lowest BCUT2D eigenvalue weighted by atomic mass is 10.2. The molecule has 0 spiro atoms. The standard InChI is InChI=1S/C10H13F2NO/c1-13(5-6-14)7-8-9(11)3-2-4-10(8)12/h2-4,14H,5-7H2,1H3. The molecule has 0 amide bonds. The van der Waals surface area contributed by atoms with E-state index in [1.165, 1.54) is 18.2 Å². The predicted octanol–water partition coefficient (Wildman–Crippen LogP) is 1.39. The Labute approximate surface area is 81.8 Å². The van der Waals surface area contributed by atoms with E-state index in [0.717, 1.165) is 0 Å². The summed E-state index contributed by atoms with van der Waals surface area (Å²) in [4.78, 5) is 1.65. The summed E-state index contributed by atoms with van der Waals surface area (Å²) in [6, 6.07) is 3.79. The van der Waals surface area contributed by atoms with Crippen LogP contribution in [0.1, 0.15) is 5.56 Å². The summed E-state index contributed by atoms with van der Waals surface area (Å²) in [6.07, 6.45) is 0. The third kappa shape index (κ3) is 2.75. The van der Waals surface area contributed by atoms with E-state index < -0.39 is 11.6 Å². The maximum Gasteiger partial charge on any atom is 0.130 e. The molecule has 0 heterocycles. The van der Waals surface area contributed by atoms with Gasteiger partial charge < -0.3 is 5.11 Å². The fourth-order valence-electron chi connectivity index (χ4n) is 1.20. The summed E-state index contributed by atoms with van der Waals surface area (Å²) in [7, 11) is 1.70. The van der Waals surface area contributed by atoms with E-state index in [4.69, 9.17) is 5.11 Å². The first-order valence-corrected chi connectivity index (χ1v) is 4.37. The van der Waals surface area contributed by atoms with E-state index in [1.54, 1.807) is 11.9 Å². The van der Waals surface area contributed by atoms with Crippen LogP contribution in [0.5, 0.6) is 0 Å². The quantitative estimate of drug-likeness (QED) is 0.795. The minimum absolute atomic E-state index is 0.0213. The van der Waals surface area contributed by atoms with Crippen LogP contribution in [-0.2, 0) is 6.54 Å². The van der Waals surface area contributed by atoms with Crippen molar-refractivity contribution in [2.45, 2.75) is 6.54 Å². The molecule has 2 nitrogen and oxygen atoms in total. The summed E-state index contributed by atoms with van der Waals surface area (Å²) in [5.74, 6) is -1.09. The van der Waals surface area contributed by atoms with E-state index in [2.05, 4.69) is 0 Å². The Hall–Kier alpha value is -1.00. The molecule has 0 fully saturated rings. The molecule has 1 N–H and O–H groups in total. The van der Waals surface area contributed by atoms with Gasteiger partial charge in [-0.15, -0.1) is 0 Å². The molecule has 0 unspecified atom stereocenters. The number of hydrogen-bond acceptors (Lipinski definition) is 2. The summed E-state index contributed by atoms with van der Waals surface area (Å²) >= 11 is 0. The second kappa shape index (κ2) is 5.02. The van der Waals surface area contributed by atoms with Gasteiger partial charge in [-0.05, 0) is 19.2 Å². The molecule has 0 saturated heterocycles. The fourth-order valence-corrected chi connectivity index (χ4v) is 1.20. The highest BCUT2D eigenvalue weighted by Gasteiger charge is 2.09. The molecule has 78 valence electrons. The number of aliphatic hydroxyl groups excluding tert-OH is 1. The van der Waals surface area contributed by atoms with Gasteiger partial charge in [-0.2, -0.15) is 0 Å². The smallest absolute Gasteiger partial charge is 0.130 e. The Kier molecular flexibility index (Phi) is 3.98. The van der Waals surface area contributed by atoms with Crippen LogP contribution < -0.4 is 0 Å². The summed E-state index contributed by atoms with van der Waals surface area (Å²) in [6.45, 7) is 0.541. The van der Waals surface area contributed by atoms with Crippen LogP contribution in [0.2, 0.25) is 0 Å². The van der Waals surface area contributed by atoms with Crippen LogP contribution in [0.3, 0.4) is 0 Å². The largest absolute Gasteiger partial charge is 0.395 e. The van der Waals surface area contributed by atoms with Crippen LogP contribution >= 0.6 is 0 Å². The summed E-state index contributed by atoms with van der Waals surface area (Å²) in [5.41, 5.74) is 0.0449. The number of hydrogen-bond donors (Lipinski definition) is 1. The molecule has 0 radical (unpaired) electrons. The normalized spacial score (nSPS) is 10.9. The van der Waals surface area contributed by atoms with Gasteiger partial charge >= 0.3 is 0 Å². The lowest BCUT2D eigenvalue weighted by Crippen LogP contribution is -2.22. The molecule has 0 aliphatic carbocycles. The zero-order chi connectivity index (χ0) is 10.6. The van der Waals surface area contributed by atoms with Crippen molar-refractivity contribution in [3.63, 3.8) is 0 Å². The minimum atomic E-state index is -0.546. The molecule has 1 rings (SSSR count). The molecule has 1 aromatic carbocycles. The predicted molar refractivity (Wildman–Crippen MR) is 49.8 cm³/mol. The van der Waals surface area contributed by atoms with Gasteiger partial charge in [0.05, 0.1) is 6.61 Å². The molecule has 4 heteroatoms. The van der Waals surface area contributed by atoms with Crippen molar-refractivity contribution in [2.75, 3.05) is 20.2 Å². The van der Waals surface area contributed by atoms with Crippen molar-refractivity contribution >= 4 is 0 Å². The maximum absolute atomic E-state index is 13.1. The Morgan fingerprint density at radius 3 is 2.36 bits per heavy atom.